The second-order valence-corrected chi connectivity index (χ2v) is 8.46. The highest BCUT2D eigenvalue weighted by atomic mass is 32.1. The summed E-state index contributed by atoms with van der Waals surface area (Å²) >= 11 is 4.76. The number of rotatable bonds is 6. The summed E-state index contributed by atoms with van der Waals surface area (Å²) in [7, 11) is 0. The molecule has 4 atom stereocenters. The first-order chi connectivity index (χ1) is 13.7. The van der Waals surface area contributed by atoms with Crippen molar-refractivity contribution in [3.8, 4) is 6.07 Å². The van der Waals surface area contributed by atoms with Crippen LogP contribution in [0.15, 0.2) is 23.5 Å². The lowest BCUT2D eigenvalue weighted by molar-refractivity contribution is -0.0327. The molecule has 29 heavy (non-hydrogen) atoms. The molecule has 1 N–H and O–H groups in total. The second kappa shape index (κ2) is 10.4. The molecule has 1 saturated carbocycles. The summed E-state index contributed by atoms with van der Waals surface area (Å²) in [5, 5.41) is 14.2. The zero-order valence-electron chi connectivity index (χ0n) is 17.3. The largest absolute Gasteiger partial charge is 0.444 e. The summed E-state index contributed by atoms with van der Waals surface area (Å²) in [6.45, 7) is 7.90. The van der Waals surface area contributed by atoms with E-state index in [9.17, 15) is 4.79 Å². The van der Waals surface area contributed by atoms with Gasteiger partial charge in [-0.1, -0.05) is 6.92 Å². The molecule has 0 spiro atoms. The Bertz CT molecular complexity index is 796. The first-order valence-corrected chi connectivity index (χ1v) is 10.2. The number of nitriles is 1. The van der Waals surface area contributed by atoms with E-state index in [1.807, 2.05) is 26.8 Å². The number of carbonyl (C=O) groups is 1. The molecule has 0 aromatic carbocycles. The third-order valence-electron chi connectivity index (χ3n) is 4.82. The van der Waals surface area contributed by atoms with Crippen LogP contribution in [-0.4, -0.2) is 40.6 Å². The third kappa shape index (κ3) is 6.90. The Labute approximate surface area is 177 Å². The number of nitrogens with one attached hydrogen (secondary N) is 1. The highest BCUT2D eigenvalue weighted by molar-refractivity contribution is 7.78. The smallest absolute Gasteiger partial charge is 0.407 e. The van der Waals surface area contributed by atoms with Crippen molar-refractivity contribution in [1.29, 1.82) is 5.26 Å². The summed E-state index contributed by atoms with van der Waals surface area (Å²) in [6.07, 6.45) is 4.55. The minimum absolute atomic E-state index is 0.144. The Balaban J connectivity index is 2.24. The molecule has 2 rings (SSSR count). The number of hydrogen-bond donors (Lipinski definition) is 1. The van der Waals surface area contributed by atoms with Crippen LogP contribution >= 0.6 is 12.2 Å². The van der Waals surface area contributed by atoms with Crippen molar-refractivity contribution in [3.63, 3.8) is 0 Å². The van der Waals surface area contributed by atoms with Gasteiger partial charge in [-0.15, -0.1) is 0 Å². The summed E-state index contributed by atoms with van der Waals surface area (Å²) in [6, 6.07) is 3.77. The molecule has 156 valence electrons. The predicted octanol–water partition coefficient (Wildman–Crippen LogP) is 4.52. The molecule has 1 heterocycles. The van der Waals surface area contributed by atoms with Gasteiger partial charge in [-0.25, -0.2) is 4.79 Å². The predicted molar refractivity (Wildman–Crippen MR) is 113 cm³/mol. The quantitative estimate of drug-likeness (QED) is 0.416. The van der Waals surface area contributed by atoms with Crippen LogP contribution in [0, 0.1) is 17.2 Å². The van der Waals surface area contributed by atoms with Crippen LogP contribution in [0.25, 0.3) is 0 Å². The van der Waals surface area contributed by atoms with E-state index in [1.165, 1.54) is 0 Å². The fourth-order valence-corrected chi connectivity index (χ4v) is 3.87. The van der Waals surface area contributed by atoms with Crippen molar-refractivity contribution in [3.05, 3.63) is 24.0 Å². The third-order valence-corrected chi connectivity index (χ3v) is 4.91. The van der Waals surface area contributed by atoms with Crippen molar-refractivity contribution >= 4 is 29.2 Å². The Morgan fingerprint density at radius 3 is 2.86 bits per heavy atom. The van der Waals surface area contributed by atoms with Gasteiger partial charge in [0.05, 0.1) is 48.3 Å². The number of aromatic nitrogens is 1. The summed E-state index contributed by atoms with van der Waals surface area (Å²) in [5.41, 5.74) is 1.13. The fourth-order valence-electron chi connectivity index (χ4n) is 3.78. The molecule has 1 amide bonds. The minimum Gasteiger partial charge on any atom is -0.444 e. The number of ether oxygens (including phenoxy) is 2. The van der Waals surface area contributed by atoms with Gasteiger partial charge in [0.1, 0.15) is 5.60 Å². The van der Waals surface area contributed by atoms with E-state index < -0.39 is 11.7 Å². The van der Waals surface area contributed by atoms with E-state index in [4.69, 9.17) is 27.0 Å². The topological polar surface area (TPSA) is 96.6 Å². The number of thiocarbonyl (C=S) groups is 1. The van der Waals surface area contributed by atoms with Crippen molar-refractivity contribution in [2.45, 2.75) is 70.6 Å². The lowest BCUT2D eigenvalue weighted by Crippen LogP contribution is -2.52. The van der Waals surface area contributed by atoms with Crippen LogP contribution in [0.3, 0.4) is 0 Å². The maximum atomic E-state index is 12.4. The average Bonchev–Trinajstić information content (AvgIpc) is 2.63. The number of amides is 1. The van der Waals surface area contributed by atoms with Gasteiger partial charge in [-0.05, 0) is 69.3 Å². The zero-order valence-corrected chi connectivity index (χ0v) is 18.2. The number of nitrogens with zero attached hydrogens (tertiary/aromatic N) is 3. The molecule has 0 saturated heterocycles. The monoisotopic (exact) mass is 416 g/mol. The normalized spacial score (nSPS) is 24.1. The molecule has 1 fully saturated rings. The van der Waals surface area contributed by atoms with E-state index in [2.05, 4.69) is 33.4 Å². The average molecular weight is 417 g/mol. The maximum absolute atomic E-state index is 12.4. The van der Waals surface area contributed by atoms with Gasteiger partial charge in [0.25, 0.3) is 0 Å². The molecule has 0 bridgehead atoms. The Hall–Kier alpha value is -2.33. The van der Waals surface area contributed by atoms with Gasteiger partial charge in [0.2, 0.25) is 0 Å². The summed E-state index contributed by atoms with van der Waals surface area (Å²) in [4.78, 5) is 20.7. The van der Waals surface area contributed by atoms with Crippen molar-refractivity contribution in [1.82, 2.24) is 10.3 Å². The standard InChI is InChI=1S/C21H28N4O3S/c1-14-10-15(16-6-8-23-12-18(16)24-13-29)11-17(19(14)27-9-5-7-22)25-20(26)28-21(2,3)4/h6,8,12,14-15,17,19H,5,9-11H2,1-4H3,(H,25,26)/t14-,15+,17+,19-/m0/s1. The molecule has 7 nitrogen and oxygen atoms in total. The lowest BCUT2D eigenvalue weighted by Gasteiger charge is -2.41. The highest BCUT2D eigenvalue weighted by Crippen LogP contribution is 2.41. The molecule has 1 aromatic heterocycles. The number of pyridine rings is 1. The van der Waals surface area contributed by atoms with E-state index in [1.54, 1.807) is 12.4 Å². The van der Waals surface area contributed by atoms with Gasteiger partial charge in [-0.2, -0.15) is 10.3 Å². The van der Waals surface area contributed by atoms with Gasteiger partial charge >= 0.3 is 6.09 Å². The van der Waals surface area contributed by atoms with Crippen LogP contribution in [0.2, 0.25) is 0 Å². The van der Waals surface area contributed by atoms with Gasteiger partial charge in [-0.3, -0.25) is 4.98 Å². The van der Waals surface area contributed by atoms with Crippen LogP contribution in [0.1, 0.15) is 58.4 Å². The molecule has 0 radical (unpaired) electrons. The van der Waals surface area contributed by atoms with E-state index in [0.717, 1.165) is 12.0 Å². The minimum atomic E-state index is -0.590. The summed E-state index contributed by atoms with van der Waals surface area (Å²) in [5.74, 6) is 0.302. The van der Waals surface area contributed by atoms with E-state index >= 15 is 0 Å². The molecule has 1 aliphatic carbocycles. The van der Waals surface area contributed by atoms with Crippen LogP contribution in [-0.2, 0) is 9.47 Å². The number of isothiocyanates is 1. The van der Waals surface area contributed by atoms with E-state index in [-0.39, 0.29) is 24.0 Å². The number of hydrogen-bond acceptors (Lipinski definition) is 7. The zero-order chi connectivity index (χ0) is 21.4. The Morgan fingerprint density at radius 2 is 2.21 bits per heavy atom. The highest BCUT2D eigenvalue weighted by Gasteiger charge is 2.39. The molecule has 8 heteroatoms. The SMILES string of the molecule is C[C@H]1C[C@@H](c2ccncc2N=C=S)C[C@@H](NC(=O)OC(C)(C)C)[C@H]1OCCC#N. The molecular weight excluding hydrogens is 388 g/mol. The molecular formula is C21H28N4O3S. The molecule has 0 unspecified atom stereocenters. The lowest BCUT2D eigenvalue weighted by atomic mass is 9.74. The second-order valence-electron chi connectivity index (χ2n) is 8.28. The van der Waals surface area contributed by atoms with Gasteiger partial charge in [0.15, 0.2) is 0 Å². The first-order valence-electron chi connectivity index (χ1n) is 9.75. The Kier molecular flexibility index (Phi) is 8.27. The fraction of sp³-hybridized carbons (Fsp3) is 0.619. The van der Waals surface area contributed by atoms with E-state index in [0.29, 0.717) is 25.1 Å². The van der Waals surface area contributed by atoms with Crippen LogP contribution < -0.4 is 5.32 Å². The number of aliphatic imine (C=N–C) groups is 1. The van der Waals surface area contributed by atoms with Crippen LogP contribution in [0.4, 0.5) is 10.5 Å². The first kappa shape index (κ1) is 23.0. The molecule has 0 aliphatic heterocycles. The van der Waals surface area contributed by atoms with Gasteiger partial charge < -0.3 is 14.8 Å². The maximum Gasteiger partial charge on any atom is 0.407 e. The van der Waals surface area contributed by atoms with Crippen molar-refractivity contribution in [2.75, 3.05) is 6.61 Å². The summed E-state index contributed by atoms with van der Waals surface area (Å²) < 4.78 is 11.4. The van der Waals surface area contributed by atoms with Gasteiger partial charge in [0, 0.05) is 6.20 Å². The van der Waals surface area contributed by atoms with Crippen molar-refractivity contribution in [2.24, 2.45) is 10.9 Å². The number of carbonyl (C=O) groups excluding carboxylic acids is 1. The Morgan fingerprint density at radius 1 is 1.45 bits per heavy atom. The van der Waals surface area contributed by atoms with Crippen molar-refractivity contribution < 1.29 is 14.3 Å². The molecule has 1 aliphatic rings. The van der Waals surface area contributed by atoms with Crippen LogP contribution in [0.5, 0.6) is 0 Å². The molecule has 1 aromatic rings. The number of alkyl carbamates (subject to hydrolysis) is 1.